The van der Waals surface area contributed by atoms with Crippen LogP contribution in [-0.2, 0) is 17.1 Å². The SMILES string of the molecule is COc1c(S(=O)(=O)NC2CCNC2)cn(C)c1C(=O)Nc1ccc(F)c(C(F)F)c1. The number of carbonyl (C=O) groups excluding carboxylic acids is 1. The molecule has 164 valence electrons. The third-order valence-corrected chi connectivity index (χ3v) is 6.20. The second-order valence-electron chi connectivity index (χ2n) is 6.79. The Morgan fingerprint density at radius 1 is 1.37 bits per heavy atom. The van der Waals surface area contributed by atoms with Crippen LogP contribution in [0.25, 0.3) is 0 Å². The molecule has 1 aliphatic heterocycles. The number of hydrogen-bond donors (Lipinski definition) is 3. The standard InChI is InChI=1S/C18H21F3N4O4S/c1-25-9-14(30(27,28)24-11-5-6-22-8-11)16(29-2)15(25)18(26)23-10-3-4-13(19)12(7-10)17(20)21/h3-4,7,9,11,17,22,24H,5-6,8H2,1-2H3,(H,23,26). The molecule has 2 aromatic rings. The predicted octanol–water partition coefficient (Wildman–Crippen LogP) is 2.00. The van der Waals surface area contributed by atoms with Gasteiger partial charge in [-0.3, -0.25) is 4.79 Å². The Morgan fingerprint density at radius 3 is 2.70 bits per heavy atom. The molecule has 0 saturated carbocycles. The number of aryl methyl sites for hydroxylation is 1. The lowest BCUT2D eigenvalue weighted by Gasteiger charge is -2.13. The molecule has 1 amide bonds. The number of hydrogen-bond acceptors (Lipinski definition) is 5. The van der Waals surface area contributed by atoms with Gasteiger partial charge in [-0.2, -0.15) is 0 Å². The molecular formula is C18H21F3N4O4S. The van der Waals surface area contributed by atoms with Gasteiger partial charge in [0.15, 0.2) is 11.4 Å². The molecule has 8 nitrogen and oxygen atoms in total. The number of methoxy groups -OCH3 is 1. The minimum Gasteiger partial charge on any atom is -0.493 e. The Hall–Kier alpha value is -2.57. The van der Waals surface area contributed by atoms with Crippen molar-refractivity contribution in [3.8, 4) is 5.75 Å². The molecule has 1 atom stereocenters. The van der Waals surface area contributed by atoms with Gasteiger partial charge in [0.25, 0.3) is 12.3 Å². The molecule has 1 aromatic heterocycles. The highest BCUT2D eigenvalue weighted by Crippen LogP contribution is 2.31. The third-order valence-electron chi connectivity index (χ3n) is 4.68. The van der Waals surface area contributed by atoms with E-state index in [9.17, 15) is 26.4 Å². The fraction of sp³-hybridized carbons (Fsp3) is 0.389. The topological polar surface area (TPSA) is 101 Å². The summed E-state index contributed by atoms with van der Waals surface area (Å²) in [6, 6.07) is 2.47. The van der Waals surface area contributed by atoms with Crippen molar-refractivity contribution in [3.05, 3.63) is 41.5 Å². The molecule has 2 heterocycles. The lowest BCUT2D eigenvalue weighted by molar-refractivity contribution is 0.101. The molecule has 3 N–H and O–H groups in total. The van der Waals surface area contributed by atoms with E-state index in [4.69, 9.17) is 4.74 Å². The number of sulfonamides is 1. The third kappa shape index (κ3) is 4.45. The van der Waals surface area contributed by atoms with Gasteiger partial charge in [-0.1, -0.05) is 0 Å². The van der Waals surface area contributed by atoms with E-state index in [-0.39, 0.29) is 28.1 Å². The number of nitrogens with zero attached hydrogens (tertiary/aromatic N) is 1. The van der Waals surface area contributed by atoms with Crippen LogP contribution in [0.3, 0.4) is 0 Å². The van der Waals surface area contributed by atoms with Crippen molar-refractivity contribution in [2.75, 3.05) is 25.5 Å². The summed E-state index contributed by atoms with van der Waals surface area (Å²) in [6.07, 6.45) is -1.20. The van der Waals surface area contributed by atoms with Crippen molar-refractivity contribution < 1.29 is 31.1 Å². The van der Waals surface area contributed by atoms with Crippen LogP contribution in [0, 0.1) is 5.82 Å². The first kappa shape index (κ1) is 22.1. The van der Waals surface area contributed by atoms with Crippen LogP contribution < -0.4 is 20.1 Å². The normalized spacial score (nSPS) is 16.8. The summed E-state index contributed by atoms with van der Waals surface area (Å²) in [6.45, 7) is 1.17. The van der Waals surface area contributed by atoms with Crippen LogP contribution in [0.15, 0.2) is 29.3 Å². The van der Waals surface area contributed by atoms with E-state index in [0.29, 0.717) is 19.5 Å². The van der Waals surface area contributed by atoms with Gasteiger partial charge in [0.2, 0.25) is 10.0 Å². The molecule has 1 aliphatic rings. The number of nitrogens with one attached hydrogen (secondary N) is 3. The highest BCUT2D eigenvalue weighted by molar-refractivity contribution is 7.89. The second kappa shape index (κ2) is 8.66. The number of amides is 1. The van der Waals surface area contributed by atoms with Gasteiger partial charge < -0.3 is 19.9 Å². The van der Waals surface area contributed by atoms with Gasteiger partial charge in [0, 0.05) is 31.5 Å². The Bertz CT molecular complexity index is 1050. The summed E-state index contributed by atoms with van der Waals surface area (Å²) < 4.78 is 73.8. The Balaban J connectivity index is 1.91. The number of aromatic nitrogens is 1. The number of carbonyl (C=O) groups is 1. The monoisotopic (exact) mass is 446 g/mol. The molecule has 1 unspecified atom stereocenters. The number of ether oxygens (including phenoxy) is 1. The van der Waals surface area contributed by atoms with Crippen LogP contribution in [0.1, 0.15) is 28.9 Å². The molecule has 1 saturated heterocycles. The van der Waals surface area contributed by atoms with E-state index in [1.165, 1.54) is 24.9 Å². The lowest BCUT2D eigenvalue weighted by Crippen LogP contribution is -2.36. The van der Waals surface area contributed by atoms with E-state index in [1.54, 1.807) is 0 Å². The zero-order chi connectivity index (χ0) is 22.1. The van der Waals surface area contributed by atoms with Gasteiger partial charge >= 0.3 is 0 Å². The summed E-state index contributed by atoms with van der Waals surface area (Å²) >= 11 is 0. The summed E-state index contributed by atoms with van der Waals surface area (Å²) in [5.74, 6) is -2.09. The summed E-state index contributed by atoms with van der Waals surface area (Å²) in [5.41, 5.74) is -1.06. The molecule has 30 heavy (non-hydrogen) atoms. The molecule has 3 rings (SSSR count). The number of benzene rings is 1. The average molecular weight is 446 g/mol. The van der Waals surface area contributed by atoms with Crippen LogP contribution in [-0.4, -0.2) is 45.1 Å². The van der Waals surface area contributed by atoms with Crippen LogP contribution in [0.4, 0.5) is 18.9 Å². The van der Waals surface area contributed by atoms with Gasteiger partial charge in [-0.25, -0.2) is 26.3 Å². The predicted molar refractivity (Wildman–Crippen MR) is 103 cm³/mol. The quantitative estimate of drug-likeness (QED) is 0.604. The van der Waals surface area contributed by atoms with Crippen molar-refractivity contribution in [3.63, 3.8) is 0 Å². The maximum absolute atomic E-state index is 13.5. The molecule has 1 fully saturated rings. The zero-order valence-electron chi connectivity index (χ0n) is 16.2. The second-order valence-corrected chi connectivity index (χ2v) is 8.47. The minimum absolute atomic E-state index is 0.0699. The van der Waals surface area contributed by atoms with Gasteiger partial charge in [0.05, 0.1) is 12.7 Å². The van der Waals surface area contributed by atoms with Crippen molar-refractivity contribution in [2.45, 2.75) is 23.8 Å². The molecule has 0 aliphatic carbocycles. The maximum atomic E-state index is 13.5. The highest BCUT2D eigenvalue weighted by Gasteiger charge is 2.31. The molecular weight excluding hydrogens is 425 g/mol. The zero-order valence-corrected chi connectivity index (χ0v) is 17.0. The van der Waals surface area contributed by atoms with Crippen LogP contribution in [0.2, 0.25) is 0 Å². The summed E-state index contributed by atoms with van der Waals surface area (Å²) in [5, 5.41) is 5.42. The average Bonchev–Trinajstić information content (AvgIpc) is 3.29. The van der Waals surface area contributed by atoms with E-state index < -0.39 is 33.7 Å². The maximum Gasteiger partial charge on any atom is 0.276 e. The fourth-order valence-electron chi connectivity index (χ4n) is 3.25. The number of rotatable bonds is 7. The van der Waals surface area contributed by atoms with E-state index in [2.05, 4.69) is 15.4 Å². The fourth-order valence-corrected chi connectivity index (χ4v) is 4.73. The first-order valence-corrected chi connectivity index (χ1v) is 10.5. The van der Waals surface area contributed by atoms with Crippen molar-refractivity contribution in [1.82, 2.24) is 14.6 Å². The largest absolute Gasteiger partial charge is 0.493 e. The molecule has 1 aromatic carbocycles. The van der Waals surface area contributed by atoms with E-state index in [0.717, 1.165) is 18.2 Å². The van der Waals surface area contributed by atoms with Crippen LogP contribution in [0.5, 0.6) is 5.75 Å². The van der Waals surface area contributed by atoms with E-state index in [1.807, 2.05) is 0 Å². The summed E-state index contributed by atoms with van der Waals surface area (Å²) in [7, 11) is -1.32. The molecule has 0 radical (unpaired) electrons. The van der Waals surface area contributed by atoms with Crippen molar-refractivity contribution >= 4 is 21.6 Å². The Kier molecular flexibility index (Phi) is 6.38. The van der Waals surface area contributed by atoms with Crippen molar-refractivity contribution in [1.29, 1.82) is 0 Å². The minimum atomic E-state index is -3.98. The lowest BCUT2D eigenvalue weighted by atomic mass is 10.2. The van der Waals surface area contributed by atoms with E-state index >= 15 is 0 Å². The number of anilines is 1. The van der Waals surface area contributed by atoms with Crippen molar-refractivity contribution in [2.24, 2.45) is 7.05 Å². The molecule has 0 bridgehead atoms. The number of alkyl halides is 2. The van der Waals surface area contributed by atoms with Crippen LogP contribution >= 0.6 is 0 Å². The van der Waals surface area contributed by atoms with Gasteiger partial charge in [-0.15, -0.1) is 0 Å². The number of halogens is 3. The first-order chi connectivity index (χ1) is 14.1. The molecule has 0 spiro atoms. The Morgan fingerprint density at radius 2 is 2.10 bits per heavy atom. The summed E-state index contributed by atoms with van der Waals surface area (Å²) in [4.78, 5) is 12.5. The Labute approximate surface area is 171 Å². The van der Waals surface area contributed by atoms with Gasteiger partial charge in [-0.05, 0) is 31.2 Å². The van der Waals surface area contributed by atoms with Gasteiger partial charge in [0.1, 0.15) is 10.7 Å². The first-order valence-electron chi connectivity index (χ1n) is 8.99. The molecule has 12 heteroatoms. The smallest absolute Gasteiger partial charge is 0.276 e. The highest BCUT2D eigenvalue weighted by atomic mass is 32.2.